The van der Waals surface area contributed by atoms with Crippen LogP contribution in [0, 0.1) is 0 Å². The van der Waals surface area contributed by atoms with Gasteiger partial charge in [0.25, 0.3) is 10.2 Å². The second-order valence-corrected chi connectivity index (χ2v) is 5.55. The Morgan fingerprint density at radius 1 is 1.21 bits per heavy atom. The van der Waals surface area contributed by atoms with E-state index in [1.165, 1.54) is 0 Å². The number of hydrogen-bond donors (Lipinski definition) is 3. The lowest BCUT2D eigenvalue weighted by molar-refractivity contribution is 0.586. The highest BCUT2D eigenvalue weighted by molar-refractivity contribution is 7.90. The number of aromatic nitrogens is 2. The monoisotopic (exact) mass is 280 g/mol. The predicted octanol–water partition coefficient (Wildman–Crippen LogP) is 1.73. The summed E-state index contributed by atoms with van der Waals surface area (Å²) >= 11 is 0. The summed E-state index contributed by atoms with van der Waals surface area (Å²) in [6.07, 6.45) is 2.42. The van der Waals surface area contributed by atoms with Crippen LogP contribution >= 0.6 is 0 Å². The molecular weight excluding hydrogens is 264 g/mol. The molecule has 0 radical (unpaired) electrons. The lowest BCUT2D eigenvalue weighted by Gasteiger charge is -2.08. The van der Waals surface area contributed by atoms with Crippen LogP contribution in [0.2, 0.25) is 0 Å². The number of nitrogens with one attached hydrogen (secondary N) is 3. The zero-order valence-electron chi connectivity index (χ0n) is 10.6. The molecule has 0 unspecified atom stereocenters. The van der Waals surface area contributed by atoms with Crippen LogP contribution in [0.5, 0.6) is 0 Å². The van der Waals surface area contributed by atoms with Crippen molar-refractivity contribution in [3.8, 4) is 11.3 Å². The molecule has 19 heavy (non-hydrogen) atoms. The number of aromatic amines is 1. The predicted molar refractivity (Wildman–Crippen MR) is 74.9 cm³/mol. The Bertz CT molecular complexity index is 606. The van der Waals surface area contributed by atoms with Crippen molar-refractivity contribution in [3.05, 3.63) is 36.5 Å². The highest BCUT2D eigenvalue weighted by Crippen LogP contribution is 2.19. The van der Waals surface area contributed by atoms with E-state index in [0.717, 1.165) is 17.7 Å². The molecule has 7 heteroatoms. The van der Waals surface area contributed by atoms with E-state index in [1.807, 2.05) is 25.1 Å². The van der Waals surface area contributed by atoms with E-state index < -0.39 is 10.2 Å². The van der Waals surface area contributed by atoms with Crippen LogP contribution in [-0.2, 0) is 10.2 Å². The van der Waals surface area contributed by atoms with Gasteiger partial charge in [0, 0.05) is 18.4 Å². The first kappa shape index (κ1) is 13.6. The van der Waals surface area contributed by atoms with Gasteiger partial charge in [-0.05, 0) is 30.2 Å². The molecule has 0 saturated heterocycles. The van der Waals surface area contributed by atoms with Crippen molar-refractivity contribution in [2.45, 2.75) is 13.3 Å². The van der Waals surface area contributed by atoms with Crippen molar-refractivity contribution in [2.75, 3.05) is 11.3 Å². The SMILES string of the molecule is CCCNS(=O)(=O)Nc1ccc(-c2ccn[nH]2)cc1. The average Bonchev–Trinajstić information content (AvgIpc) is 2.91. The summed E-state index contributed by atoms with van der Waals surface area (Å²) < 4.78 is 28.2. The smallest absolute Gasteiger partial charge is 0.278 e. The maximum atomic E-state index is 11.6. The van der Waals surface area contributed by atoms with Crippen LogP contribution in [0.25, 0.3) is 11.3 Å². The topological polar surface area (TPSA) is 86.9 Å². The van der Waals surface area contributed by atoms with E-state index in [2.05, 4.69) is 19.6 Å². The van der Waals surface area contributed by atoms with Gasteiger partial charge < -0.3 is 0 Å². The molecule has 102 valence electrons. The minimum atomic E-state index is -3.48. The second kappa shape index (κ2) is 5.85. The van der Waals surface area contributed by atoms with Crippen LogP contribution in [0.4, 0.5) is 5.69 Å². The maximum Gasteiger partial charge on any atom is 0.299 e. The van der Waals surface area contributed by atoms with Crippen molar-refractivity contribution in [2.24, 2.45) is 0 Å². The molecule has 3 N–H and O–H groups in total. The number of H-pyrrole nitrogens is 1. The van der Waals surface area contributed by atoms with Crippen LogP contribution in [0.15, 0.2) is 36.5 Å². The fraction of sp³-hybridized carbons (Fsp3) is 0.250. The van der Waals surface area contributed by atoms with Gasteiger partial charge in [-0.3, -0.25) is 9.82 Å². The van der Waals surface area contributed by atoms with Crippen molar-refractivity contribution in [3.63, 3.8) is 0 Å². The molecule has 2 rings (SSSR count). The molecule has 0 saturated carbocycles. The third-order valence-corrected chi connectivity index (χ3v) is 3.58. The number of benzene rings is 1. The number of nitrogens with zero attached hydrogens (tertiary/aromatic N) is 1. The van der Waals surface area contributed by atoms with Gasteiger partial charge in [-0.15, -0.1) is 0 Å². The Hall–Kier alpha value is -1.86. The van der Waals surface area contributed by atoms with Crippen molar-refractivity contribution >= 4 is 15.9 Å². The molecule has 0 amide bonds. The summed E-state index contributed by atoms with van der Waals surface area (Å²) in [5, 5.41) is 6.72. The molecule has 1 heterocycles. The van der Waals surface area contributed by atoms with Gasteiger partial charge in [0.2, 0.25) is 0 Å². The molecule has 6 nitrogen and oxygen atoms in total. The largest absolute Gasteiger partial charge is 0.299 e. The fourth-order valence-electron chi connectivity index (χ4n) is 1.56. The van der Waals surface area contributed by atoms with E-state index in [1.54, 1.807) is 18.3 Å². The Balaban J connectivity index is 2.07. The van der Waals surface area contributed by atoms with E-state index in [9.17, 15) is 8.42 Å². The van der Waals surface area contributed by atoms with Gasteiger partial charge in [0.05, 0.1) is 5.69 Å². The van der Waals surface area contributed by atoms with E-state index in [0.29, 0.717) is 12.2 Å². The number of hydrogen-bond acceptors (Lipinski definition) is 3. The summed E-state index contributed by atoms with van der Waals surface area (Å²) in [5.74, 6) is 0. The second-order valence-electron chi connectivity index (χ2n) is 4.05. The van der Waals surface area contributed by atoms with Gasteiger partial charge in [0.15, 0.2) is 0 Å². The molecule has 0 spiro atoms. The molecule has 1 aromatic heterocycles. The van der Waals surface area contributed by atoms with Crippen molar-refractivity contribution in [1.29, 1.82) is 0 Å². The maximum absolute atomic E-state index is 11.6. The standard InChI is InChI=1S/C12H16N4O2S/c1-2-8-14-19(17,18)16-11-5-3-10(4-6-11)12-7-9-13-15-12/h3-7,9,14,16H,2,8H2,1H3,(H,13,15). The highest BCUT2D eigenvalue weighted by atomic mass is 32.2. The minimum absolute atomic E-state index is 0.418. The Labute approximate surface area is 112 Å². The first-order valence-corrected chi connectivity index (χ1v) is 7.46. The Kier molecular flexibility index (Phi) is 4.18. The fourth-order valence-corrected chi connectivity index (χ4v) is 2.55. The molecule has 0 bridgehead atoms. The van der Waals surface area contributed by atoms with Crippen LogP contribution in [0.3, 0.4) is 0 Å². The molecule has 2 aromatic rings. The van der Waals surface area contributed by atoms with Gasteiger partial charge in [0.1, 0.15) is 0 Å². The average molecular weight is 280 g/mol. The molecular formula is C12H16N4O2S. The Morgan fingerprint density at radius 2 is 1.95 bits per heavy atom. The zero-order chi connectivity index (χ0) is 13.7. The van der Waals surface area contributed by atoms with Gasteiger partial charge in [-0.25, -0.2) is 0 Å². The molecule has 0 aliphatic heterocycles. The van der Waals surface area contributed by atoms with E-state index in [4.69, 9.17) is 0 Å². The molecule has 0 aliphatic carbocycles. The quantitative estimate of drug-likeness (QED) is 0.753. The Morgan fingerprint density at radius 3 is 2.53 bits per heavy atom. The van der Waals surface area contributed by atoms with Gasteiger partial charge in [-0.2, -0.15) is 18.2 Å². The molecule has 0 fully saturated rings. The normalized spacial score (nSPS) is 11.4. The van der Waals surface area contributed by atoms with Gasteiger partial charge >= 0.3 is 0 Å². The van der Waals surface area contributed by atoms with Crippen molar-refractivity contribution < 1.29 is 8.42 Å². The number of rotatable bonds is 6. The lowest BCUT2D eigenvalue weighted by atomic mass is 10.1. The van der Waals surface area contributed by atoms with E-state index in [-0.39, 0.29) is 0 Å². The lowest BCUT2D eigenvalue weighted by Crippen LogP contribution is -2.30. The summed E-state index contributed by atoms with van der Waals surface area (Å²) in [7, 11) is -3.48. The van der Waals surface area contributed by atoms with Crippen molar-refractivity contribution in [1.82, 2.24) is 14.9 Å². The first-order valence-electron chi connectivity index (χ1n) is 5.98. The minimum Gasteiger partial charge on any atom is -0.278 e. The van der Waals surface area contributed by atoms with Crippen LogP contribution in [-0.4, -0.2) is 25.2 Å². The summed E-state index contributed by atoms with van der Waals surface area (Å²) in [6.45, 7) is 2.32. The van der Waals surface area contributed by atoms with E-state index >= 15 is 0 Å². The van der Waals surface area contributed by atoms with Gasteiger partial charge in [-0.1, -0.05) is 19.1 Å². The molecule has 0 atom stereocenters. The summed E-state index contributed by atoms with van der Waals surface area (Å²) in [4.78, 5) is 0. The third-order valence-electron chi connectivity index (χ3n) is 2.49. The molecule has 1 aromatic carbocycles. The highest BCUT2D eigenvalue weighted by Gasteiger charge is 2.08. The summed E-state index contributed by atoms with van der Waals surface area (Å²) in [5.41, 5.74) is 2.35. The first-order chi connectivity index (χ1) is 9.11. The molecule has 0 aliphatic rings. The number of anilines is 1. The third kappa shape index (κ3) is 3.80. The van der Waals surface area contributed by atoms with Crippen LogP contribution < -0.4 is 9.44 Å². The zero-order valence-corrected chi connectivity index (χ0v) is 11.4. The van der Waals surface area contributed by atoms with Crippen LogP contribution in [0.1, 0.15) is 13.3 Å². The summed E-state index contributed by atoms with van der Waals surface area (Å²) in [6, 6.07) is 8.92.